The molecule has 0 spiro atoms. The molecular weight excluding hydrogens is 647 g/mol. The third-order valence-corrected chi connectivity index (χ3v) is 11.4. The van der Waals surface area contributed by atoms with E-state index >= 15 is 0 Å². The molecule has 0 saturated carbocycles. The molecule has 2 heteroatoms. The highest BCUT2D eigenvalue weighted by Crippen LogP contribution is 2.44. The number of nitrogens with zero attached hydrogens (tertiary/aromatic N) is 1. The van der Waals surface area contributed by atoms with Gasteiger partial charge in [0.25, 0.3) is 0 Å². The van der Waals surface area contributed by atoms with Gasteiger partial charge in [0.15, 0.2) is 0 Å². The summed E-state index contributed by atoms with van der Waals surface area (Å²) in [5.74, 6) is 0. The number of rotatable bonds is 6. The van der Waals surface area contributed by atoms with E-state index in [1.165, 1.54) is 75.1 Å². The lowest BCUT2D eigenvalue weighted by molar-refractivity contribution is 1.29. The first-order valence-electron chi connectivity index (χ1n) is 17.7. The number of anilines is 3. The van der Waals surface area contributed by atoms with Gasteiger partial charge < -0.3 is 4.90 Å². The average molecular weight is 680 g/mol. The maximum atomic E-state index is 2.41. The SMILES string of the molecule is c1ccc(-c2ccccc2N(c2ccc(-c3ccc4cc(-c5ccc6ccccc6c5)ccc4c3)cc2)c2ccc3sc4ccccc4c3c2)cc1. The smallest absolute Gasteiger partial charge is 0.0540 e. The van der Waals surface area contributed by atoms with Crippen molar-refractivity contribution >= 4 is 70.1 Å². The third kappa shape index (κ3) is 5.42. The zero-order valence-electron chi connectivity index (χ0n) is 28.4. The van der Waals surface area contributed by atoms with Crippen molar-refractivity contribution < 1.29 is 0 Å². The van der Waals surface area contributed by atoms with Gasteiger partial charge in [-0.1, -0.05) is 140 Å². The van der Waals surface area contributed by atoms with Crippen LogP contribution in [0.4, 0.5) is 17.1 Å². The Morgan fingerprint density at radius 2 is 0.846 bits per heavy atom. The summed E-state index contributed by atoms with van der Waals surface area (Å²) in [6.07, 6.45) is 0. The molecule has 0 N–H and O–H groups in total. The summed E-state index contributed by atoms with van der Waals surface area (Å²) < 4.78 is 2.62. The van der Waals surface area contributed by atoms with Crippen LogP contribution in [0.2, 0.25) is 0 Å². The predicted octanol–water partition coefficient (Wildman–Crippen LogP) is 14.8. The van der Waals surface area contributed by atoms with Gasteiger partial charge in [0, 0.05) is 37.1 Å². The fraction of sp³-hybridized carbons (Fsp3) is 0. The molecule has 1 heterocycles. The molecule has 0 atom stereocenters. The lowest BCUT2D eigenvalue weighted by Gasteiger charge is -2.28. The second-order valence-electron chi connectivity index (χ2n) is 13.4. The Bertz CT molecular complexity index is 2900. The average Bonchev–Trinajstić information content (AvgIpc) is 3.59. The minimum Gasteiger partial charge on any atom is -0.310 e. The molecule has 244 valence electrons. The van der Waals surface area contributed by atoms with Crippen LogP contribution in [0.5, 0.6) is 0 Å². The van der Waals surface area contributed by atoms with Gasteiger partial charge in [0.2, 0.25) is 0 Å². The van der Waals surface area contributed by atoms with Crippen molar-refractivity contribution in [2.24, 2.45) is 0 Å². The van der Waals surface area contributed by atoms with Gasteiger partial charge in [-0.25, -0.2) is 0 Å². The number of benzene rings is 9. The summed E-state index contributed by atoms with van der Waals surface area (Å²) in [6.45, 7) is 0. The maximum absolute atomic E-state index is 2.41. The highest BCUT2D eigenvalue weighted by atomic mass is 32.1. The van der Waals surface area contributed by atoms with E-state index in [2.05, 4.69) is 205 Å². The lowest BCUT2D eigenvalue weighted by atomic mass is 9.96. The topological polar surface area (TPSA) is 3.24 Å². The molecule has 0 radical (unpaired) electrons. The molecular formula is C50H33NS. The Morgan fingerprint density at radius 3 is 1.62 bits per heavy atom. The van der Waals surface area contributed by atoms with Crippen molar-refractivity contribution in [1.82, 2.24) is 0 Å². The molecule has 0 aliphatic heterocycles. The molecule has 0 amide bonds. The van der Waals surface area contributed by atoms with Gasteiger partial charge in [-0.2, -0.15) is 0 Å². The first-order chi connectivity index (χ1) is 25.7. The zero-order valence-corrected chi connectivity index (χ0v) is 29.2. The highest BCUT2D eigenvalue weighted by molar-refractivity contribution is 7.25. The van der Waals surface area contributed by atoms with E-state index in [0.29, 0.717) is 0 Å². The van der Waals surface area contributed by atoms with Crippen LogP contribution in [0.25, 0.3) is 75.1 Å². The van der Waals surface area contributed by atoms with Crippen molar-refractivity contribution in [3.05, 3.63) is 200 Å². The fourth-order valence-electron chi connectivity index (χ4n) is 7.59. The third-order valence-electron chi connectivity index (χ3n) is 10.2. The Balaban J connectivity index is 1.04. The lowest BCUT2D eigenvalue weighted by Crippen LogP contribution is -2.11. The van der Waals surface area contributed by atoms with E-state index < -0.39 is 0 Å². The number of fused-ring (bicyclic) bond motifs is 5. The molecule has 0 aliphatic rings. The molecule has 0 unspecified atom stereocenters. The second kappa shape index (κ2) is 12.7. The fourth-order valence-corrected chi connectivity index (χ4v) is 8.67. The Labute approximate surface area is 307 Å². The normalized spacial score (nSPS) is 11.5. The van der Waals surface area contributed by atoms with Crippen LogP contribution in [0.15, 0.2) is 200 Å². The van der Waals surface area contributed by atoms with Crippen molar-refractivity contribution in [3.63, 3.8) is 0 Å². The standard InChI is InChI=1S/C50H33NS/c1-2-11-36(12-3-1)45-14-6-8-16-48(45)51(44-28-29-50-47(33-44)46-15-7-9-17-49(46)52-50)43-26-24-35(25-27-43)38-20-21-41-32-42(23-22-40(41)31-38)39-19-18-34-10-4-5-13-37(34)30-39/h1-33H. The Kier molecular flexibility index (Phi) is 7.41. The van der Waals surface area contributed by atoms with Gasteiger partial charge >= 0.3 is 0 Å². The monoisotopic (exact) mass is 679 g/mol. The molecule has 1 aromatic heterocycles. The van der Waals surface area contributed by atoms with E-state index in [0.717, 1.165) is 17.1 Å². The van der Waals surface area contributed by atoms with E-state index in [-0.39, 0.29) is 0 Å². The van der Waals surface area contributed by atoms with Gasteiger partial charge in [0.1, 0.15) is 0 Å². The van der Waals surface area contributed by atoms with Gasteiger partial charge in [-0.15, -0.1) is 11.3 Å². The van der Waals surface area contributed by atoms with Crippen LogP contribution >= 0.6 is 11.3 Å². The predicted molar refractivity (Wildman–Crippen MR) is 225 cm³/mol. The van der Waals surface area contributed by atoms with E-state index in [9.17, 15) is 0 Å². The van der Waals surface area contributed by atoms with Crippen molar-refractivity contribution in [3.8, 4) is 33.4 Å². The van der Waals surface area contributed by atoms with Crippen molar-refractivity contribution in [1.29, 1.82) is 0 Å². The van der Waals surface area contributed by atoms with Crippen LogP contribution in [-0.2, 0) is 0 Å². The Morgan fingerprint density at radius 1 is 0.308 bits per heavy atom. The summed E-state index contributed by atoms with van der Waals surface area (Å²) in [5.41, 5.74) is 10.7. The molecule has 0 saturated heterocycles. The molecule has 1 nitrogen and oxygen atoms in total. The molecule has 9 aromatic carbocycles. The van der Waals surface area contributed by atoms with E-state index in [4.69, 9.17) is 0 Å². The summed E-state index contributed by atoms with van der Waals surface area (Å²) in [6, 6.07) is 73.0. The Hall–Kier alpha value is -6.48. The maximum Gasteiger partial charge on any atom is 0.0540 e. The molecule has 0 fully saturated rings. The zero-order chi connectivity index (χ0) is 34.4. The van der Waals surface area contributed by atoms with Crippen LogP contribution in [0, 0.1) is 0 Å². The number of hydrogen-bond donors (Lipinski definition) is 0. The van der Waals surface area contributed by atoms with E-state index in [1.54, 1.807) is 0 Å². The molecule has 0 aliphatic carbocycles. The van der Waals surface area contributed by atoms with Crippen LogP contribution in [0.1, 0.15) is 0 Å². The van der Waals surface area contributed by atoms with Crippen LogP contribution < -0.4 is 4.90 Å². The summed E-state index contributed by atoms with van der Waals surface area (Å²) in [4.78, 5) is 2.41. The summed E-state index contributed by atoms with van der Waals surface area (Å²) in [5, 5.41) is 7.60. The quantitative estimate of drug-likeness (QED) is 0.169. The molecule has 10 aromatic rings. The largest absolute Gasteiger partial charge is 0.310 e. The summed E-state index contributed by atoms with van der Waals surface area (Å²) >= 11 is 1.86. The van der Waals surface area contributed by atoms with Gasteiger partial charge in [-0.3, -0.25) is 0 Å². The number of para-hydroxylation sites is 1. The molecule has 0 bridgehead atoms. The van der Waals surface area contributed by atoms with Crippen molar-refractivity contribution in [2.45, 2.75) is 0 Å². The minimum absolute atomic E-state index is 1.12. The second-order valence-corrected chi connectivity index (χ2v) is 14.5. The number of hydrogen-bond acceptors (Lipinski definition) is 2. The summed E-state index contributed by atoms with van der Waals surface area (Å²) in [7, 11) is 0. The van der Waals surface area contributed by atoms with Crippen LogP contribution in [0.3, 0.4) is 0 Å². The number of thiophene rings is 1. The van der Waals surface area contributed by atoms with Gasteiger partial charge in [-0.05, 0) is 110 Å². The first kappa shape index (κ1) is 30.4. The minimum atomic E-state index is 1.12. The highest BCUT2D eigenvalue weighted by Gasteiger charge is 2.18. The first-order valence-corrected chi connectivity index (χ1v) is 18.6. The molecule has 52 heavy (non-hydrogen) atoms. The van der Waals surface area contributed by atoms with Crippen LogP contribution in [-0.4, -0.2) is 0 Å². The van der Waals surface area contributed by atoms with E-state index in [1.807, 2.05) is 11.3 Å². The molecule has 10 rings (SSSR count). The van der Waals surface area contributed by atoms with Gasteiger partial charge in [0.05, 0.1) is 5.69 Å². The van der Waals surface area contributed by atoms with Crippen molar-refractivity contribution in [2.75, 3.05) is 4.90 Å².